The van der Waals surface area contributed by atoms with Gasteiger partial charge in [-0.3, -0.25) is 13.9 Å². The predicted octanol–water partition coefficient (Wildman–Crippen LogP) is 6.18. The molecule has 7 nitrogen and oxygen atoms in total. The number of nitrogens with one attached hydrogen (secondary N) is 1. The fraction of sp³-hybridized carbons (Fsp3) is 0.375. The molecule has 3 rings (SSSR count). The van der Waals surface area contributed by atoms with Gasteiger partial charge in [0.05, 0.1) is 10.6 Å². The third kappa shape index (κ3) is 7.68. The summed E-state index contributed by atoms with van der Waals surface area (Å²) >= 11 is 6.41. The monoisotopic (exact) mass is 597 g/mol. The highest BCUT2D eigenvalue weighted by atomic mass is 35.5. The number of carbonyl (C=O) groups is 2. The second-order valence-corrected chi connectivity index (χ2v) is 12.7. The fourth-order valence-electron chi connectivity index (χ4n) is 4.55. The van der Waals surface area contributed by atoms with E-state index in [2.05, 4.69) is 5.32 Å². The molecule has 2 atom stereocenters. The average molecular weight is 598 g/mol. The number of sulfonamides is 1. The minimum atomic E-state index is -4.17. The summed E-state index contributed by atoms with van der Waals surface area (Å²) in [5.74, 6) is -0.759. The van der Waals surface area contributed by atoms with E-state index < -0.39 is 28.5 Å². The van der Waals surface area contributed by atoms with Gasteiger partial charge in [-0.25, -0.2) is 8.42 Å². The molecular formula is C32H40ClN3O4S. The Morgan fingerprint density at radius 3 is 2.17 bits per heavy atom. The Balaban J connectivity index is 2.11. The second-order valence-electron chi connectivity index (χ2n) is 10.4. The van der Waals surface area contributed by atoms with E-state index in [1.807, 2.05) is 58.9 Å². The molecule has 0 unspecified atom stereocenters. The minimum absolute atomic E-state index is 0.0577. The van der Waals surface area contributed by atoms with E-state index in [1.165, 1.54) is 17.0 Å². The van der Waals surface area contributed by atoms with Gasteiger partial charge in [0.25, 0.3) is 10.0 Å². The highest BCUT2D eigenvalue weighted by Gasteiger charge is 2.34. The van der Waals surface area contributed by atoms with Crippen LogP contribution in [0.5, 0.6) is 0 Å². The maximum absolute atomic E-state index is 14.2. The van der Waals surface area contributed by atoms with Gasteiger partial charge < -0.3 is 10.2 Å². The van der Waals surface area contributed by atoms with Crippen molar-refractivity contribution in [3.8, 4) is 0 Å². The minimum Gasteiger partial charge on any atom is -0.352 e. The molecule has 220 valence electrons. The maximum atomic E-state index is 14.2. The molecule has 2 amide bonds. The molecule has 0 spiro atoms. The molecule has 0 saturated heterocycles. The smallest absolute Gasteiger partial charge is 0.264 e. The highest BCUT2D eigenvalue weighted by Crippen LogP contribution is 2.31. The third-order valence-corrected chi connectivity index (χ3v) is 9.57. The summed E-state index contributed by atoms with van der Waals surface area (Å²) in [6, 6.07) is 18.3. The van der Waals surface area contributed by atoms with Crippen LogP contribution in [0.2, 0.25) is 5.02 Å². The molecule has 41 heavy (non-hydrogen) atoms. The van der Waals surface area contributed by atoms with E-state index >= 15 is 0 Å². The zero-order valence-corrected chi connectivity index (χ0v) is 26.2. The Labute approximate surface area is 249 Å². The van der Waals surface area contributed by atoms with Crippen molar-refractivity contribution in [2.24, 2.45) is 0 Å². The van der Waals surface area contributed by atoms with Crippen molar-refractivity contribution in [1.29, 1.82) is 0 Å². The number of anilines is 1. The molecule has 0 radical (unpaired) electrons. The molecule has 1 N–H and O–H groups in total. The van der Waals surface area contributed by atoms with Crippen LogP contribution in [0.1, 0.15) is 55.9 Å². The molecule has 0 aliphatic carbocycles. The first-order valence-corrected chi connectivity index (χ1v) is 15.7. The number of halogens is 1. The summed E-state index contributed by atoms with van der Waals surface area (Å²) in [5.41, 5.74) is 3.59. The predicted molar refractivity (Wildman–Crippen MR) is 166 cm³/mol. The van der Waals surface area contributed by atoms with E-state index in [0.717, 1.165) is 27.4 Å². The van der Waals surface area contributed by atoms with Crippen LogP contribution in [-0.2, 0) is 26.2 Å². The third-order valence-electron chi connectivity index (χ3n) is 7.38. The molecule has 0 aliphatic rings. The van der Waals surface area contributed by atoms with Crippen LogP contribution in [0.15, 0.2) is 71.6 Å². The Kier molecular flexibility index (Phi) is 11.0. The lowest BCUT2D eigenvalue weighted by Crippen LogP contribution is -2.53. The summed E-state index contributed by atoms with van der Waals surface area (Å²) in [6.07, 6.45) is 1.10. The van der Waals surface area contributed by atoms with Crippen molar-refractivity contribution in [1.82, 2.24) is 10.2 Å². The number of carbonyl (C=O) groups excluding carboxylic acids is 2. The zero-order chi connectivity index (χ0) is 30.3. The van der Waals surface area contributed by atoms with Crippen molar-refractivity contribution in [3.05, 3.63) is 94.0 Å². The second kappa shape index (κ2) is 14.0. The van der Waals surface area contributed by atoms with E-state index in [-0.39, 0.29) is 23.4 Å². The summed E-state index contributed by atoms with van der Waals surface area (Å²) in [7, 11) is -4.17. The Morgan fingerprint density at radius 1 is 0.902 bits per heavy atom. The van der Waals surface area contributed by atoms with Crippen LogP contribution >= 0.6 is 11.6 Å². The van der Waals surface area contributed by atoms with Crippen molar-refractivity contribution in [2.45, 2.75) is 77.9 Å². The first kappa shape index (κ1) is 32.2. The zero-order valence-electron chi connectivity index (χ0n) is 24.6. The molecule has 0 fully saturated rings. The van der Waals surface area contributed by atoms with Gasteiger partial charge in [0.1, 0.15) is 12.6 Å². The van der Waals surface area contributed by atoms with Crippen molar-refractivity contribution in [2.75, 3.05) is 10.8 Å². The fourth-order valence-corrected chi connectivity index (χ4v) is 6.19. The number of nitrogens with zero attached hydrogens (tertiary/aromatic N) is 2. The number of rotatable bonds is 12. The Morgan fingerprint density at radius 2 is 1.56 bits per heavy atom. The topological polar surface area (TPSA) is 86.8 Å². The summed E-state index contributed by atoms with van der Waals surface area (Å²) in [5, 5.41) is 3.38. The van der Waals surface area contributed by atoms with Gasteiger partial charge in [-0.15, -0.1) is 0 Å². The Bertz CT molecular complexity index is 1470. The summed E-state index contributed by atoms with van der Waals surface area (Å²) in [6.45, 7) is 10.9. The van der Waals surface area contributed by atoms with Crippen LogP contribution in [-0.4, -0.2) is 43.8 Å². The molecule has 3 aromatic carbocycles. The van der Waals surface area contributed by atoms with Crippen LogP contribution in [0.4, 0.5) is 5.69 Å². The summed E-state index contributed by atoms with van der Waals surface area (Å²) in [4.78, 5) is 29.2. The lowest BCUT2D eigenvalue weighted by atomic mass is 10.1. The van der Waals surface area contributed by atoms with Gasteiger partial charge in [0.2, 0.25) is 11.8 Å². The van der Waals surface area contributed by atoms with Gasteiger partial charge in [0, 0.05) is 17.6 Å². The number of amides is 2. The quantitative estimate of drug-likeness (QED) is 0.270. The number of benzene rings is 3. The van der Waals surface area contributed by atoms with E-state index in [0.29, 0.717) is 22.7 Å². The molecule has 9 heteroatoms. The molecule has 0 heterocycles. The lowest BCUT2D eigenvalue weighted by molar-refractivity contribution is -0.140. The van der Waals surface area contributed by atoms with Gasteiger partial charge in [0.15, 0.2) is 0 Å². The van der Waals surface area contributed by atoms with Crippen LogP contribution < -0.4 is 9.62 Å². The van der Waals surface area contributed by atoms with Crippen molar-refractivity contribution >= 4 is 39.1 Å². The molecular weight excluding hydrogens is 558 g/mol. The van der Waals surface area contributed by atoms with Crippen molar-refractivity contribution < 1.29 is 18.0 Å². The number of aryl methyl sites for hydroxylation is 2. The number of hydrogen-bond acceptors (Lipinski definition) is 4. The van der Waals surface area contributed by atoms with Crippen LogP contribution in [0.25, 0.3) is 0 Å². The van der Waals surface area contributed by atoms with Crippen LogP contribution in [0, 0.1) is 20.8 Å². The molecule has 0 aromatic heterocycles. The molecule has 0 saturated carbocycles. The SMILES string of the molecule is CC[C@@H](C)NC(=O)[C@@H](CC)N(Cc1ccccc1C)C(=O)CN(c1cccc(Cl)c1C)S(=O)(=O)c1ccc(C)cc1. The van der Waals surface area contributed by atoms with Crippen molar-refractivity contribution in [3.63, 3.8) is 0 Å². The van der Waals surface area contributed by atoms with E-state index in [4.69, 9.17) is 11.6 Å². The summed E-state index contributed by atoms with van der Waals surface area (Å²) < 4.78 is 29.2. The van der Waals surface area contributed by atoms with E-state index in [9.17, 15) is 18.0 Å². The normalized spacial score (nSPS) is 12.9. The average Bonchev–Trinajstić information content (AvgIpc) is 2.94. The maximum Gasteiger partial charge on any atom is 0.264 e. The standard InChI is InChI=1S/C32H40ClN3O4S/c1-7-24(5)34-32(38)29(8-2)35(20-26-13-10-9-12-23(26)4)31(37)21-36(30-15-11-14-28(33)25(30)6)41(39,40)27-18-16-22(3)17-19-27/h9-19,24,29H,7-8,20-21H2,1-6H3,(H,34,38)/t24-,29-/m1/s1. The first-order chi connectivity index (χ1) is 19.4. The molecule has 3 aromatic rings. The van der Waals surface area contributed by atoms with Gasteiger partial charge >= 0.3 is 0 Å². The van der Waals surface area contributed by atoms with Gasteiger partial charge in [-0.1, -0.05) is 73.5 Å². The molecule has 0 bridgehead atoms. The van der Waals surface area contributed by atoms with E-state index in [1.54, 1.807) is 37.3 Å². The Hall–Kier alpha value is -3.36. The first-order valence-electron chi connectivity index (χ1n) is 13.9. The van der Waals surface area contributed by atoms with Gasteiger partial charge in [-0.05, 0) is 81.5 Å². The molecule has 0 aliphatic heterocycles. The lowest BCUT2D eigenvalue weighted by Gasteiger charge is -2.34. The number of hydrogen-bond donors (Lipinski definition) is 1. The van der Waals surface area contributed by atoms with Gasteiger partial charge in [-0.2, -0.15) is 0 Å². The largest absolute Gasteiger partial charge is 0.352 e. The van der Waals surface area contributed by atoms with Crippen LogP contribution in [0.3, 0.4) is 0 Å². The highest BCUT2D eigenvalue weighted by molar-refractivity contribution is 7.92.